The molecule has 0 saturated carbocycles. The second-order valence-corrected chi connectivity index (χ2v) is 15.0. The molecule has 0 aliphatic heterocycles. The second-order valence-electron chi connectivity index (χ2n) is 11.7. The molecule has 0 heterocycles. The van der Waals surface area contributed by atoms with Gasteiger partial charge >= 0.3 is 8.56 Å². The average Bonchev–Trinajstić information content (AvgIpc) is 2.86. The molecule has 36 heavy (non-hydrogen) atoms. The van der Waals surface area contributed by atoms with Crippen molar-refractivity contribution in [3.05, 3.63) is 0 Å². The Balaban J connectivity index is 4.66. The molecule has 0 aromatic rings. The van der Waals surface area contributed by atoms with Crippen molar-refractivity contribution in [1.29, 1.82) is 0 Å². The van der Waals surface area contributed by atoms with Crippen LogP contribution < -0.4 is 0 Å². The molecule has 0 rings (SSSR count). The molecule has 4 heteroatoms. The fourth-order valence-electron chi connectivity index (χ4n) is 4.89. The van der Waals surface area contributed by atoms with E-state index >= 15 is 0 Å². The second kappa shape index (κ2) is 26.7. The predicted octanol–water partition coefficient (Wildman–Crippen LogP) is 11.3. The van der Waals surface area contributed by atoms with E-state index in [2.05, 4.69) is 40.8 Å². The zero-order valence-corrected chi connectivity index (χ0v) is 26.9. The van der Waals surface area contributed by atoms with Crippen molar-refractivity contribution in [3.63, 3.8) is 0 Å². The van der Waals surface area contributed by atoms with E-state index in [1.807, 2.05) is 0 Å². The van der Waals surface area contributed by atoms with Crippen LogP contribution in [0.1, 0.15) is 169 Å². The highest BCUT2D eigenvalue weighted by Gasteiger charge is 2.30. The third-order valence-corrected chi connectivity index (χ3v) is 9.05. The maximum atomic E-state index is 6.61. The number of ether oxygens (including phenoxy) is 1. The van der Waals surface area contributed by atoms with Gasteiger partial charge in [-0.25, -0.2) is 0 Å². The van der Waals surface area contributed by atoms with Crippen molar-refractivity contribution in [1.82, 2.24) is 0 Å². The molecule has 2 unspecified atom stereocenters. The van der Waals surface area contributed by atoms with Crippen LogP contribution in [-0.4, -0.2) is 28.1 Å². The molecule has 2 atom stereocenters. The SMILES string of the molecule is CCCCCCCCC(CCCCCC)CO[Si](C)(C)OC(CCCCCCC)OCCCCCC. The lowest BCUT2D eigenvalue weighted by Crippen LogP contribution is -2.41. The van der Waals surface area contributed by atoms with Crippen LogP contribution in [0.5, 0.6) is 0 Å². The van der Waals surface area contributed by atoms with Crippen LogP contribution in [-0.2, 0) is 13.6 Å². The van der Waals surface area contributed by atoms with Gasteiger partial charge in [0.25, 0.3) is 0 Å². The molecular formula is C32H68O3Si. The van der Waals surface area contributed by atoms with E-state index in [1.165, 1.54) is 128 Å². The van der Waals surface area contributed by atoms with E-state index in [0.29, 0.717) is 5.92 Å². The molecule has 0 spiro atoms. The number of unbranched alkanes of at least 4 members (excludes halogenated alkanes) is 15. The highest BCUT2D eigenvalue weighted by molar-refractivity contribution is 6.64. The Labute approximate surface area is 229 Å². The summed E-state index contributed by atoms with van der Waals surface area (Å²) in [6.45, 7) is 15.3. The lowest BCUT2D eigenvalue weighted by atomic mass is 9.95. The lowest BCUT2D eigenvalue weighted by Gasteiger charge is -2.31. The summed E-state index contributed by atoms with van der Waals surface area (Å²) in [7, 11) is -2.22. The largest absolute Gasteiger partial charge is 0.394 e. The quantitative estimate of drug-likeness (QED) is 0.0548. The summed E-state index contributed by atoms with van der Waals surface area (Å²) in [6.07, 6.45) is 28.6. The molecule has 0 radical (unpaired) electrons. The van der Waals surface area contributed by atoms with Crippen molar-refractivity contribution in [2.24, 2.45) is 5.92 Å². The van der Waals surface area contributed by atoms with Gasteiger partial charge in [-0.1, -0.05) is 137 Å². The predicted molar refractivity (Wildman–Crippen MR) is 162 cm³/mol. The molecule has 3 nitrogen and oxygen atoms in total. The molecule has 0 amide bonds. The Bertz CT molecular complexity index is 416. The molecular weight excluding hydrogens is 460 g/mol. The molecule has 0 fully saturated rings. The van der Waals surface area contributed by atoms with Crippen LogP contribution in [0.2, 0.25) is 13.1 Å². The van der Waals surface area contributed by atoms with E-state index in [4.69, 9.17) is 13.6 Å². The maximum absolute atomic E-state index is 6.61. The van der Waals surface area contributed by atoms with Gasteiger partial charge in [-0.15, -0.1) is 0 Å². The van der Waals surface area contributed by atoms with Gasteiger partial charge in [0.2, 0.25) is 0 Å². The van der Waals surface area contributed by atoms with Gasteiger partial charge in [0.15, 0.2) is 0 Å². The summed E-state index contributed by atoms with van der Waals surface area (Å²) in [5.74, 6) is 0.686. The van der Waals surface area contributed by atoms with Gasteiger partial charge in [-0.05, 0) is 51.1 Å². The normalized spacial score (nSPS) is 13.8. The third-order valence-electron chi connectivity index (χ3n) is 7.36. The number of hydrogen-bond acceptors (Lipinski definition) is 3. The van der Waals surface area contributed by atoms with Crippen LogP contribution in [0.25, 0.3) is 0 Å². The van der Waals surface area contributed by atoms with Crippen molar-refractivity contribution < 1.29 is 13.6 Å². The molecule has 0 aromatic heterocycles. The minimum atomic E-state index is -2.22. The summed E-state index contributed by atoms with van der Waals surface area (Å²) in [5.41, 5.74) is 0. The zero-order chi connectivity index (χ0) is 26.7. The van der Waals surface area contributed by atoms with Crippen LogP contribution in [0.3, 0.4) is 0 Å². The topological polar surface area (TPSA) is 27.7 Å². The van der Waals surface area contributed by atoms with Crippen molar-refractivity contribution in [2.75, 3.05) is 13.2 Å². The first-order valence-electron chi connectivity index (χ1n) is 16.4. The van der Waals surface area contributed by atoms with Gasteiger partial charge < -0.3 is 13.6 Å². The van der Waals surface area contributed by atoms with Crippen LogP contribution in [0.4, 0.5) is 0 Å². The monoisotopic (exact) mass is 528 g/mol. The zero-order valence-electron chi connectivity index (χ0n) is 25.9. The number of rotatable bonds is 29. The number of hydrogen-bond donors (Lipinski definition) is 0. The van der Waals surface area contributed by atoms with Gasteiger partial charge in [0.1, 0.15) is 6.29 Å². The van der Waals surface area contributed by atoms with Gasteiger partial charge in [-0.3, -0.25) is 0 Å². The van der Waals surface area contributed by atoms with Crippen molar-refractivity contribution >= 4 is 8.56 Å². The van der Waals surface area contributed by atoms with Crippen molar-refractivity contribution in [3.8, 4) is 0 Å². The highest BCUT2D eigenvalue weighted by atomic mass is 28.4. The summed E-state index contributed by atoms with van der Waals surface area (Å²) >= 11 is 0. The van der Waals surface area contributed by atoms with E-state index in [0.717, 1.165) is 26.1 Å². The minimum absolute atomic E-state index is 0.0866. The molecule has 0 bridgehead atoms. The first-order valence-corrected chi connectivity index (χ1v) is 19.2. The Morgan fingerprint density at radius 2 is 0.917 bits per heavy atom. The third kappa shape index (κ3) is 24.4. The summed E-state index contributed by atoms with van der Waals surface area (Å²) in [6, 6.07) is 0. The van der Waals surface area contributed by atoms with Crippen LogP contribution in [0.15, 0.2) is 0 Å². The molecule has 0 aromatic carbocycles. The molecule has 0 saturated heterocycles. The van der Waals surface area contributed by atoms with E-state index in [-0.39, 0.29) is 6.29 Å². The smallest absolute Gasteiger partial charge is 0.333 e. The minimum Gasteiger partial charge on any atom is -0.394 e. The average molecular weight is 529 g/mol. The Kier molecular flexibility index (Phi) is 26.8. The lowest BCUT2D eigenvalue weighted by molar-refractivity contribution is -0.105. The summed E-state index contributed by atoms with van der Waals surface area (Å²) in [4.78, 5) is 0. The van der Waals surface area contributed by atoms with E-state index in [1.54, 1.807) is 0 Å². The van der Waals surface area contributed by atoms with E-state index < -0.39 is 8.56 Å². The molecule has 218 valence electrons. The standard InChI is InChI=1S/C32H68O3Si/c1-7-11-15-19-21-23-27-31(26-22-17-13-9-3)30-34-36(5,6)35-32(28-24-20-16-12-8-2)33-29-25-18-14-10-4/h31-32H,7-30H2,1-6H3. The van der Waals surface area contributed by atoms with Gasteiger partial charge in [0, 0.05) is 13.2 Å². The first-order chi connectivity index (χ1) is 17.5. The summed E-state index contributed by atoms with van der Waals surface area (Å²) < 4.78 is 19.5. The summed E-state index contributed by atoms with van der Waals surface area (Å²) in [5, 5.41) is 0. The van der Waals surface area contributed by atoms with Gasteiger partial charge in [-0.2, -0.15) is 0 Å². The molecule has 0 aliphatic rings. The van der Waals surface area contributed by atoms with Crippen LogP contribution in [0, 0.1) is 5.92 Å². The Morgan fingerprint density at radius 1 is 0.500 bits per heavy atom. The fraction of sp³-hybridized carbons (Fsp3) is 1.00. The van der Waals surface area contributed by atoms with E-state index in [9.17, 15) is 0 Å². The first kappa shape index (κ1) is 36.1. The Morgan fingerprint density at radius 3 is 1.44 bits per heavy atom. The highest BCUT2D eigenvalue weighted by Crippen LogP contribution is 2.23. The Hall–Kier alpha value is 0.0969. The van der Waals surface area contributed by atoms with Gasteiger partial charge in [0.05, 0.1) is 0 Å². The molecule has 0 aliphatic carbocycles. The fourth-order valence-corrected chi connectivity index (χ4v) is 6.41. The maximum Gasteiger partial charge on any atom is 0.333 e. The molecule has 0 N–H and O–H groups in total. The van der Waals surface area contributed by atoms with Crippen molar-refractivity contribution in [2.45, 2.75) is 188 Å². The van der Waals surface area contributed by atoms with Crippen LogP contribution >= 0.6 is 0 Å².